The summed E-state index contributed by atoms with van der Waals surface area (Å²) in [5.41, 5.74) is 1.21. The van der Waals surface area contributed by atoms with E-state index < -0.39 is 17.7 Å². The van der Waals surface area contributed by atoms with Crippen molar-refractivity contribution in [2.24, 2.45) is 0 Å². The molecule has 1 fully saturated rings. The molecule has 3 heterocycles. The van der Waals surface area contributed by atoms with Gasteiger partial charge < -0.3 is 23.9 Å². The molecule has 0 unspecified atom stereocenters. The maximum atomic E-state index is 13.1. The summed E-state index contributed by atoms with van der Waals surface area (Å²) < 4.78 is 16.9. The van der Waals surface area contributed by atoms with Crippen LogP contribution < -0.4 is 9.47 Å². The number of ether oxygens (including phenoxy) is 2. The summed E-state index contributed by atoms with van der Waals surface area (Å²) in [5, 5.41) is 11.2. The summed E-state index contributed by atoms with van der Waals surface area (Å²) >= 11 is 0. The second-order valence-electron chi connectivity index (χ2n) is 7.72. The van der Waals surface area contributed by atoms with Crippen molar-refractivity contribution in [3.05, 3.63) is 88.9 Å². The molecule has 0 aliphatic carbocycles. The van der Waals surface area contributed by atoms with E-state index in [2.05, 4.69) is 0 Å². The minimum atomic E-state index is -0.850. The van der Waals surface area contributed by atoms with Gasteiger partial charge in [-0.25, -0.2) is 0 Å². The molecule has 1 N–H and O–H groups in total. The molecule has 0 radical (unpaired) electrons. The Morgan fingerprint density at radius 1 is 1.00 bits per heavy atom. The normalized spacial score (nSPS) is 19.4. The summed E-state index contributed by atoms with van der Waals surface area (Å²) in [6.45, 7) is 2.83. The van der Waals surface area contributed by atoms with Crippen molar-refractivity contribution in [2.45, 2.75) is 19.5 Å². The number of rotatable bonds is 4. The zero-order valence-electron chi connectivity index (χ0n) is 17.4. The van der Waals surface area contributed by atoms with Gasteiger partial charge in [0.1, 0.15) is 36.5 Å². The van der Waals surface area contributed by atoms with Gasteiger partial charge in [0.15, 0.2) is 11.5 Å². The summed E-state index contributed by atoms with van der Waals surface area (Å²) in [4.78, 5) is 27.5. The number of hydrogen-bond acceptors (Lipinski definition) is 6. The number of carbonyl (C=O) groups excluding carboxylic acids is 2. The van der Waals surface area contributed by atoms with Gasteiger partial charge in [0.2, 0.25) is 0 Å². The Morgan fingerprint density at radius 3 is 2.47 bits per heavy atom. The van der Waals surface area contributed by atoms with Gasteiger partial charge in [-0.05, 0) is 42.8 Å². The summed E-state index contributed by atoms with van der Waals surface area (Å²) in [6, 6.07) is 16.9. The summed E-state index contributed by atoms with van der Waals surface area (Å²) in [5.74, 6) is 0.371. The first-order valence-corrected chi connectivity index (χ1v) is 10.3. The molecule has 0 saturated carbocycles. The van der Waals surface area contributed by atoms with Crippen molar-refractivity contribution in [1.82, 2.24) is 4.90 Å². The molecule has 5 rings (SSSR count). The van der Waals surface area contributed by atoms with E-state index in [1.54, 1.807) is 37.3 Å². The van der Waals surface area contributed by atoms with Crippen LogP contribution in [-0.4, -0.2) is 34.9 Å². The maximum Gasteiger partial charge on any atom is 0.296 e. The van der Waals surface area contributed by atoms with Crippen LogP contribution in [0.25, 0.3) is 5.76 Å². The number of nitrogens with zero attached hydrogens (tertiary/aromatic N) is 1. The van der Waals surface area contributed by atoms with E-state index in [0.29, 0.717) is 41.8 Å². The number of aryl methyl sites for hydroxylation is 1. The van der Waals surface area contributed by atoms with Crippen LogP contribution in [0, 0.1) is 6.92 Å². The number of likely N-dealkylation sites (tertiary alicyclic amines) is 1. The van der Waals surface area contributed by atoms with Crippen LogP contribution in [0.4, 0.5) is 0 Å². The number of aliphatic hydroxyl groups is 1. The quantitative estimate of drug-likeness (QED) is 0.382. The van der Waals surface area contributed by atoms with Crippen molar-refractivity contribution in [1.29, 1.82) is 0 Å². The van der Waals surface area contributed by atoms with E-state index in [1.807, 2.05) is 30.3 Å². The number of aliphatic hydroxyl groups excluding tert-OH is 1. The van der Waals surface area contributed by atoms with E-state index in [0.717, 1.165) is 5.56 Å². The minimum Gasteiger partial charge on any atom is -0.507 e. The molecule has 1 atom stereocenters. The van der Waals surface area contributed by atoms with Crippen molar-refractivity contribution < 1.29 is 28.6 Å². The third-order valence-electron chi connectivity index (χ3n) is 5.58. The average Bonchev–Trinajstić information content (AvgIpc) is 3.35. The van der Waals surface area contributed by atoms with Crippen LogP contribution in [0.15, 0.2) is 70.7 Å². The number of carbonyl (C=O) groups is 2. The molecule has 2 aliphatic rings. The fourth-order valence-corrected chi connectivity index (χ4v) is 4.07. The van der Waals surface area contributed by atoms with Gasteiger partial charge in [-0.1, -0.05) is 30.3 Å². The lowest BCUT2D eigenvalue weighted by molar-refractivity contribution is -0.140. The highest BCUT2D eigenvalue weighted by atomic mass is 16.6. The van der Waals surface area contributed by atoms with Gasteiger partial charge in [-0.3, -0.25) is 9.59 Å². The van der Waals surface area contributed by atoms with Crippen molar-refractivity contribution in [2.75, 3.05) is 13.2 Å². The lowest BCUT2D eigenvalue weighted by Gasteiger charge is -2.23. The van der Waals surface area contributed by atoms with Crippen molar-refractivity contribution in [3.8, 4) is 11.5 Å². The molecule has 32 heavy (non-hydrogen) atoms. The first-order valence-electron chi connectivity index (χ1n) is 10.3. The summed E-state index contributed by atoms with van der Waals surface area (Å²) in [7, 11) is 0. The van der Waals surface area contributed by atoms with Crippen molar-refractivity contribution >= 4 is 17.4 Å². The highest BCUT2D eigenvalue weighted by Crippen LogP contribution is 2.42. The second kappa shape index (κ2) is 7.92. The molecular weight excluding hydrogens is 410 g/mol. The van der Waals surface area contributed by atoms with Gasteiger partial charge in [-0.2, -0.15) is 0 Å². The maximum absolute atomic E-state index is 13.1. The van der Waals surface area contributed by atoms with Gasteiger partial charge >= 0.3 is 0 Å². The number of fused-ring (bicyclic) bond motifs is 1. The number of amides is 1. The SMILES string of the molecule is Cc1ccc([C@H]2C(=C(O)c3ccc4c(c3)OCCO4)C(=O)C(=O)N2Cc2ccccc2)o1. The molecule has 2 aromatic carbocycles. The Kier molecular flexibility index (Phi) is 4.93. The predicted octanol–water partition coefficient (Wildman–Crippen LogP) is 3.98. The Balaban J connectivity index is 1.62. The number of benzene rings is 2. The monoisotopic (exact) mass is 431 g/mol. The molecule has 0 spiro atoms. The predicted molar refractivity (Wildman–Crippen MR) is 115 cm³/mol. The van der Waals surface area contributed by atoms with Crippen LogP contribution in [-0.2, 0) is 16.1 Å². The van der Waals surface area contributed by atoms with E-state index in [1.165, 1.54) is 4.90 Å². The number of Topliss-reactive ketones (excluding diaryl/α,β-unsaturated/α-hetero) is 1. The molecule has 2 aliphatic heterocycles. The topological polar surface area (TPSA) is 89.2 Å². The highest BCUT2D eigenvalue weighted by Gasteiger charge is 2.47. The molecule has 0 bridgehead atoms. The summed E-state index contributed by atoms with van der Waals surface area (Å²) in [6.07, 6.45) is 0. The van der Waals surface area contributed by atoms with Gasteiger partial charge in [-0.15, -0.1) is 0 Å². The molecule has 7 heteroatoms. The van der Waals surface area contributed by atoms with E-state index in [4.69, 9.17) is 13.9 Å². The zero-order valence-corrected chi connectivity index (χ0v) is 17.4. The molecule has 1 saturated heterocycles. The van der Waals surface area contributed by atoms with Crippen LogP contribution in [0.1, 0.15) is 28.7 Å². The number of hydrogen-bond donors (Lipinski definition) is 1. The minimum absolute atomic E-state index is 0.0167. The fraction of sp³-hybridized carbons (Fsp3) is 0.200. The Hall–Kier alpha value is -4.00. The van der Waals surface area contributed by atoms with Gasteiger partial charge in [0.25, 0.3) is 11.7 Å². The number of ketones is 1. The van der Waals surface area contributed by atoms with Crippen LogP contribution in [0.2, 0.25) is 0 Å². The second-order valence-corrected chi connectivity index (χ2v) is 7.72. The molecule has 162 valence electrons. The third kappa shape index (κ3) is 3.41. The average molecular weight is 431 g/mol. The standard InChI is InChI=1S/C25H21NO6/c1-15-7-9-19(32-15)22-21(23(27)17-8-10-18-20(13-17)31-12-11-30-18)24(28)25(29)26(22)14-16-5-3-2-4-6-16/h2-10,13,22,27H,11-12,14H2,1H3/t22-/m0/s1. The van der Waals surface area contributed by atoms with Crippen LogP contribution >= 0.6 is 0 Å². The molecule has 7 nitrogen and oxygen atoms in total. The van der Waals surface area contributed by atoms with Crippen LogP contribution in [0.3, 0.4) is 0 Å². The van der Waals surface area contributed by atoms with E-state index in [9.17, 15) is 14.7 Å². The van der Waals surface area contributed by atoms with E-state index in [-0.39, 0.29) is 17.9 Å². The highest BCUT2D eigenvalue weighted by molar-refractivity contribution is 6.46. The molecule has 1 aromatic heterocycles. The molecule has 3 aromatic rings. The van der Waals surface area contributed by atoms with Crippen LogP contribution in [0.5, 0.6) is 11.5 Å². The lowest BCUT2D eigenvalue weighted by atomic mass is 9.99. The van der Waals surface area contributed by atoms with Crippen molar-refractivity contribution in [3.63, 3.8) is 0 Å². The Bertz CT molecular complexity index is 1230. The first kappa shape index (κ1) is 19.9. The van der Waals surface area contributed by atoms with Gasteiger partial charge in [0, 0.05) is 12.1 Å². The largest absolute Gasteiger partial charge is 0.507 e. The first-order chi connectivity index (χ1) is 15.5. The molecule has 1 amide bonds. The third-order valence-corrected chi connectivity index (χ3v) is 5.58. The lowest BCUT2D eigenvalue weighted by Crippen LogP contribution is -2.29. The smallest absolute Gasteiger partial charge is 0.296 e. The van der Waals surface area contributed by atoms with Gasteiger partial charge in [0.05, 0.1) is 5.57 Å². The Morgan fingerprint density at radius 2 is 1.75 bits per heavy atom. The zero-order chi connectivity index (χ0) is 22.2. The van der Waals surface area contributed by atoms with E-state index >= 15 is 0 Å². The molecular formula is C25H21NO6. The Labute approximate surface area is 184 Å². The fourth-order valence-electron chi connectivity index (χ4n) is 4.07. The number of furan rings is 1.